The lowest BCUT2D eigenvalue weighted by Crippen LogP contribution is -2.36. The number of aromatic nitrogens is 3. The van der Waals surface area contributed by atoms with Gasteiger partial charge in [-0.2, -0.15) is 39.5 Å². The summed E-state index contributed by atoms with van der Waals surface area (Å²) in [6.07, 6.45) is -11.1. The number of nitrogens with two attached hydrogens (primary N) is 1. The zero-order chi connectivity index (χ0) is 71.1. The first-order valence-electron chi connectivity index (χ1n) is 31.7. The van der Waals surface area contributed by atoms with E-state index >= 15 is 0 Å². The van der Waals surface area contributed by atoms with Crippen molar-refractivity contribution in [3.8, 4) is 17.2 Å². The number of hydrogen-bond acceptors (Lipinski definition) is 18. The average molecular weight is 1410 g/mol. The highest BCUT2D eigenvalue weighted by Crippen LogP contribution is 2.41. The van der Waals surface area contributed by atoms with Crippen molar-refractivity contribution >= 4 is 74.4 Å². The van der Waals surface area contributed by atoms with Crippen LogP contribution in [0.1, 0.15) is 33.4 Å². The number of benzene rings is 6. The minimum atomic E-state index is -4.53. The number of hydrogen-bond donors (Lipinski definition) is 6. The predicted molar refractivity (Wildman–Crippen MR) is 373 cm³/mol. The monoisotopic (exact) mass is 1410 g/mol. The summed E-state index contributed by atoms with van der Waals surface area (Å²) in [5.74, 6) is 2.42. The molecule has 0 bridgehead atoms. The van der Waals surface area contributed by atoms with Crippen LogP contribution in [0.4, 0.5) is 102 Å². The number of nitrogens with one attached hydrogen (secondary N) is 5. The highest BCUT2D eigenvalue weighted by atomic mass is 35.5. The third-order valence-corrected chi connectivity index (χ3v) is 16.0. The van der Waals surface area contributed by atoms with Gasteiger partial charge in [0.25, 0.3) is 0 Å². The third kappa shape index (κ3) is 21.7. The Morgan fingerprint density at radius 2 is 0.710 bits per heavy atom. The Kier molecular flexibility index (Phi) is 26.4. The standard InChI is InChI=1S/2C24H25F3N4O2.C13H10ClF3N2.C11H16N2O2/c2*1-32-22-13-18(31-9-11-33-12-10-31)7-8-20(22)30-23-14-21(19(16-29-23)24(25,26)27)28-15-17-5-3-2-4-6-17;14-12-6-11(10(8-19-12)13(15,16)17)18-7-9-4-2-1-3-5-9;1-14-11-8-9(2-3-10(11)12)13-4-6-15-7-5-13/h2*2-8,13-14,16H,9-12,15H2,1H3,(H2,28,29,30);1-6,8H,7H2,(H,18,19);2-3,8H,4-7,12H2,1H3. The first kappa shape index (κ1) is 74.1. The van der Waals surface area contributed by atoms with E-state index in [2.05, 4.69) is 56.2 Å². The van der Waals surface area contributed by atoms with E-state index in [9.17, 15) is 39.5 Å². The maximum Gasteiger partial charge on any atom is 0.419 e. The minimum Gasteiger partial charge on any atom is -0.495 e. The maximum atomic E-state index is 13.5. The number of rotatable bonds is 19. The summed E-state index contributed by atoms with van der Waals surface area (Å²) >= 11 is 5.63. The highest BCUT2D eigenvalue weighted by Gasteiger charge is 2.36. The van der Waals surface area contributed by atoms with Crippen molar-refractivity contribution in [3.05, 3.63) is 221 Å². The van der Waals surface area contributed by atoms with E-state index in [0.717, 1.165) is 111 Å². The van der Waals surface area contributed by atoms with Gasteiger partial charge in [0.2, 0.25) is 0 Å². The second kappa shape index (κ2) is 35.6. The van der Waals surface area contributed by atoms with E-state index in [4.69, 9.17) is 45.8 Å². The molecule has 0 unspecified atom stereocenters. The molecule has 9 aromatic rings. The summed E-state index contributed by atoms with van der Waals surface area (Å²) in [5, 5.41) is 14.7. The Morgan fingerprint density at radius 1 is 0.400 bits per heavy atom. The molecule has 28 heteroatoms. The van der Waals surface area contributed by atoms with E-state index in [1.165, 1.54) is 18.2 Å². The molecule has 6 aromatic carbocycles. The third-order valence-electron chi connectivity index (χ3n) is 15.8. The quantitative estimate of drug-likeness (QED) is 0.0254. The van der Waals surface area contributed by atoms with E-state index in [-0.39, 0.29) is 53.5 Å². The van der Waals surface area contributed by atoms with Crippen molar-refractivity contribution in [2.45, 2.75) is 38.2 Å². The average Bonchev–Trinajstić information content (AvgIpc) is 0.764. The Balaban J connectivity index is 0.000000163. The Labute approximate surface area is 578 Å². The Morgan fingerprint density at radius 3 is 1.04 bits per heavy atom. The molecule has 530 valence electrons. The van der Waals surface area contributed by atoms with Gasteiger partial charge in [0.15, 0.2) is 0 Å². The van der Waals surface area contributed by atoms with Gasteiger partial charge in [0, 0.05) is 125 Å². The van der Waals surface area contributed by atoms with Gasteiger partial charge in [0.1, 0.15) is 34.0 Å². The van der Waals surface area contributed by atoms with Crippen LogP contribution in [0, 0.1) is 0 Å². The summed E-state index contributed by atoms with van der Waals surface area (Å²) in [4.78, 5) is 18.1. The number of nitrogen functional groups attached to an aromatic ring is 1. The molecular weight excluding hydrogens is 1340 g/mol. The first-order chi connectivity index (χ1) is 48.1. The van der Waals surface area contributed by atoms with E-state index in [1.54, 1.807) is 21.3 Å². The number of halogens is 10. The number of pyridine rings is 3. The fourth-order valence-electron chi connectivity index (χ4n) is 10.6. The van der Waals surface area contributed by atoms with Crippen molar-refractivity contribution < 1.29 is 67.9 Å². The van der Waals surface area contributed by atoms with Crippen LogP contribution >= 0.6 is 11.6 Å². The molecule has 0 radical (unpaired) electrons. The van der Waals surface area contributed by atoms with Crippen LogP contribution in [-0.4, -0.2) is 115 Å². The van der Waals surface area contributed by atoms with Crippen molar-refractivity contribution in [3.63, 3.8) is 0 Å². The number of nitrogens with zero attached hydrogens (tertiary/aromatic N) is 6. The van der Waals surface area contributed by atoms with Crippen molar-refractivity contribution in [2.24, 2.45) is 0 Å². The molecule has 3 aliphatic rings. The van der Waals surface area contributed by atoms with Gasteiger partial charge in [-0.15, -0.1) is 0 Å². The zero-order valence-corrected chi connectivity index (χ0v) is 55.7. The van der Waals surface area contributed by atoms with Crippen LogP contribution in [0.2, 0.25) is 5.15 Å². The molecule has 0 saturated carbocycles. The first-order valence-corrected chi connectivity index (χ1v) is 32.1. The largest absolute Gasteiger partial charge is 0.495 e. The molecule has 18 nitrogen and oxygen atoms in total. The van der Waals surface area contributed by atoms with Crippen LogP contribution in [0.15, 0.2) is 182 Å². The second-order valence-electron chi connectivity index (χ2n) is 22.5. The van der Waals surface area contributed by atoms with E-state index < -0.39 is 35.2 Å². The Hall–Kier alpha value is -10.1. The van der Waals surface area contributed by atoms with Crippen LogP contribution in [-0.2, 0) is 52.4 Å². The van der Waals surface area contributed by atoms with Gasteiger partial charge in [-0.05, 0) is 59.2 Å². The van der Waals surface area contributed by atoms with Crippen LogP contribution in [0.25, 0.3) is 0 Å². The van der Waals surface area contributed by atoms with Gasteiger partial charge < -0.3 is 75.4 Å². The molecule has 0 atom stereocenters. The number of methoxy groups -OCH3 is 3. The highest BCUT2D eigenvalue weighted by molar-refractivity contribution is 6.29. The topological polar surface area (TPSA) is 190 Å². The number of morpholine rings is 3. The summed E-state index contributed by atoms with van der Waals surface area (Å²) in [6.45, 7) is 10.00. The molecule has 3 saturated heterocycles. The lowest BCUT2D eigenvalue weighted by atomic mass is 10.2. The van der Waals surface area contributed by atoms with Crippen molar-refractivity contribution in [1.82, 2.24) is 15.0 Å². The normalized spacial score (nSPS) is 13.9. The second-order valence-corrected chi connectivity index (χ2v) is 22.9. The molecule has 0 spiro atoms. The summed E-state index contributed by atoms with van der Waals surface area (Å²) in [5.41, 5.74) is 10.8. The lowest BCUT2D eigenvalue weighted by Gasteiger charge is -2.29. The molecule has 6 heterocycles. The van der Waals surface area contributed by atoms with Gasteiger partial charge in [-0.25, -0.2) is 15.0 Å². The molecule has 3 aromatic heterocycles. The summed E-state index contributed by atoms with van der Waals surface area (Å²) < 4.78 is 152. The van der Waals surface area contributed by atoms with Gasteiger partial charge >= 0.3 is 18.5 Å². The molecule has 12 rings (SSSR count). The molecule has 3 aliphatic heterocycles. The fourth-order valence-corrected chi connectivity index (χ4v) is 10.7. The van der Waals surface area contributed by atoms with Gasteiger partial charge in [-0.1, -0.05) is 103 Å². The summed E-state index contributed by atoms with van der Waals surface area (Å²) in [6, 6.07) is 48.7. The zero-order valence-electron chi connectivity index (χ0n) is 54.9. The van der Waals surface area contributed by atoms with E-state index in [0.29, 0.717) is 55.0 Å². The van der Waals surface area contributed by atoms with Crippen LogP contribution in [0.3, 0.4) is 0 Å². The minimum absolute atomic E-state index is 0.0172. The molecule has 3 fully saturated rings. The lowest BCUT2D eigenvalue weighted by molar-refractivity contribution is -0.138. The van der Waals surface area contributed by atoms with E-state index in [1.807, 2.05) is 146 Å². The predicted octanol–water partition coefficient (Wildman–Crippen LogP) is 16.1. The van der Waals surface area contributed by atoms with Gasteiger partial charge in [0.05, 0.1) is 112 Å². The molecule has 0 aliphatic carbocycles. The molecule has 7 N–H and O–H groups in total. The van der Waals surface area contributed by atoms with Gasteiger partial charge in [-0.3, -0.25) is 0 Å². The van der Waals surface area contributed by atoms with Crippen molar-refractivity contribution in [2.75, 3.05) is 147 Å². The maximum absolute atomic E-state index is 13.5. The molecular formula is C72H76ClF9N12O6. The smallest absolute Gasteiger partial charge is 0.419 e. The summed E-state index contributed by atoms with van der Waals surface area (Å²) in [7, 11) is 4.74. The number of anilines is 11. The number of ether oxygens (including phenoxy) is 6. The van der Waals surface area contributed by atoms with Crippen molar-refractivity contribution in [1.29, 1.82) is 0 Å². The number of alkyl halides is 9. The molecule has 100 heavy (non-hydrogen) atoms. The van der Waals surface area contributed by atoms with Crippen LogP contribution < -0.4 is 61.2 Å². The Bertz CT molecular complexity index is 3850. The SMILES string of the molecule is COc1cc(N2CCOCC2)ccc1N.COc1cc(N2CCOCC2)ccc1Nc1cc(NCc2ccccc2)c(C(F)(F)F)cn1.COc1cc(N2CCOCC2)ccc1Nc1cc(NCc2ccccc2)c(C(F)(F)F)cn1.FC(F)(F)c1cnc(Cl)cc1NCc1ccccc1. The molecule has 0 amide bonds. The fraction of sp³-hybridized carbons (Fsp3) is 0.292. The van der Waals surface area contributed by atoms with Crippen LogP contribution in [0.5, 0.6) is 17.2 Å².